The summed E-state index contributed by atoms with van der Waals surface area (Å²) in [7, 11) is 0. The number of aromatic nitrogens is 4. The highest BCUT2D eigenvalue weighted by molar-refractivity contribution is 7.98. The average molecular weight is 455 g/mol. The molecule has 0 bridgehead atoms. The number of thioether (sulfide) groups is 1. The highest BCUT2D eigenvalue weighted by Gasteiger charge is 2.33. The third-order valence-corrected chi connectivity index (χ3v) is 7.54. The fraction of sp³-hybridized carbons (Fsp3) is 0.522. The second kappa shape index (κ2) is 9.74. The maximum absolute atomic E-state index is 10.7. The number of nitrogen functional groups attached to an aromatic ring is 1. The summed E-state index contributed by atoms with van der Waals surface area (Å²) in [6, 6.07) is 10.5. The minimum Gasteiger partial charge on any atom is -0.391 e. The van der Waals surface area contributed by atoms with Crippen LogP contribution in [0.5, 0.6) is 0 Å². The van der Waals surface area contributed by atoms with Gasteiger partial charge in [-0.15, -0.1) is 0 Å². The van der Waals surface area contributed by atoms with Crippen LogP contribution in [0.4, 0.5) is 5.82 Å². The molecule has 2 aliphatic heterocycles. The van der Waals surface area contributed by atoms with Gasteiger partial charge in [-0.3, -0.25) is 4.90 Å². The first kappa shape index (κ1) is 21.6. The fourth-order valence-corrected chi connectivity index (χ4v) is 5.81. The van der Waals surface area contributed by atoms with E-state index in [0.717, 1.165) is 55.1 Å². The van der Waals surface area contributed by atoms with Gasteiger partial charge in [0.15, 0.2) is 17.6 Å². The van der Waals surface area contributed by atoms with Crippen LogP contribution in [0.1, 0.15) is 36.7 Å². The first-order chi connectivity index (χ1) is 15.7. The van der Waals surface area contributed by atoms with Gasteiger partial charge in [0.2, 0.25) is 0 Å². The number of β-amino-alcohol motifs (C(OH)–C–C–N with tert-alkyl or cyclic N) is 1. The predicted molar refractivity (Wildman–Crippen MR) is 126 cm³/mol. The molecule has 0 spiro atoms. The summed E-state index contributed by atoms with van der Waals surface area (Å²) in [5, 5.41) is 15.5. The van der Waals surface area contributed by atoms with Crippen LogP contribution in [0.25, 0.3) is 11.0 Å². The molecule has 3 N–H and O–H groups in total. The monoisotopic (exact) mass is 454 g/mol. The molecule has 9 heteroatoms. The van der Waals surface area contributed by atoms with Gasteiger partial charge >= 0.3 is 0 Å². The van der Waals surface area contributed by atoms with Crippen LogP contribution in [0.15, 0.2) is 36.7 Å². The van der Waals surface area contributed by atoms with Crippen molar-refractivity contribution in [2.75, 3.05) is 31.2 Å². The third kappa shape index (κ3) is 4.61. The molecule has 1 aromatic carbocycles. The number of rotatable bonds is 7. The minimum absolute atomic E-state index is 0.0999. The van der Waals surface area contributed by atoms with Gasteiger partial charge in [0.25, 0.3) is 0 Å². The molecule has 170 valence electrons. The number of nitrogens with zero attached hydrogens (tertiary/aromatic N) is 5. The van der Waals surface area contributed by atoms with Crippen LogP contribution in [0, 0.1) is 5.92 Å². The topological polar surface area (TPSA) is 102 Å². The van der Waals surface area contributed by atoms with Crippen molar-refractivity contribution in [1.82, 2.24) is 24.6 Å². The molecule has 2 aromatic heterocycles. The van der Waals surface area contributed by atoms with Crippen LogP contribution in [0.3, 0.4) is 0 Å². The zero-order valence-electron chi connectivity index (χ0n) is 18.1. The number of ether oxygens (including phenoxy) is 1. The molecule has 4 heterocycles. The van der Waals surface area contributed by atoms with Gasteiger partial charge in [0, 0.05) is 43.7 Å². The Morgan fingerprint density at radius 1 is 1.12 bits per heavy atom. The number of nitrogens with two attached hydrogens (primary N) is 1. The lowest BCUT2D eigenvalue weighted by molar-refractivity contribution is -0.0415. The number of fused-ring (bicyclic) bond motifs is 1. The summed E-state index contributed by atoms with van der Waals surface area (Å²) in [6.45, 7) is 2.89. The first-order valence-corrected chi connectivity index (χ1v) is 12.5. The Morgan fingerprint density at radius 3 is 2.81 bits per heavy atom. The van der Waals surface area contributed by atoms with Gasteiger partial charge in [-0.2, -0.15) is 16.9 Å². The highest BCUT2D eigenvalue weighted by Crippen LogP contribution is 2.31. The molecule has 2 aliphatic rings. The molecule has 0 aliphatic carbocycles. The lowest BCUT2D eigenvalue weighted by Crippen LogP contribution is -2.26. The van der Waals surface area contributed by atoms with Crippen molar-refractivity contribution in [3.05, 3.63) is 47.9 Å². The van der Waals surface area contributed by atoms with Crippen molar-refractivity contribution in [1.29, 1.82) is 0 Å². The number of aliphatic hydroxyl groups is 1. The molecule has 2 fully saturated rings. The molecule has 0 amide bonds. The van der Waals surface area contributed by atoms with Gasteiger partial charge in [-0.1, -0.05) is 30.3 Å². The summed E-state index contributed by atoms with van der Waals surface area (Å²) in [6.07, 6.45) is 4.19. The average Bonchev–Trinajstić information content (AvgIpc) is 3.36. The molecule has 2 saturated heterocycles. The Kier molecular flexibility index (Phi) is 6.59. The van der Waals surface area contributed by atoms with Crippen LogP contribution < -0.4 is 5.73 Å². The van der Waals surface area contributed by atoms with E-state index >= 15 is 0 Å². The molecule has 2 unspecified atom stereocenters. The van der Waals surface area contributed by atoms with Gasteiger partial charge in [-0.05, 0) is 24.8 Å². The van der Waals surface area contributed by atoms with Gasteiger partial charge in [0.1, 0.15) is 11.8 Å². The molecular weight excluding hydrogens is 424 g/mol. The van der Waals surface area contributed by atoms with Crippen molar-refractivity contribution in [3.8, 4) is 0 Å². The summed E-state index contributed by atoms with van der Waals surface area (Å²) in [5.74, 6) is 2.55. The second-order valence-electron chi connectivity index (χ2n) is 8.69. The number of hydrogen-bond acceptors (Lipinski definition) is 8. The standard InChI is InChI=1S/C23H30N6O2S/c24-23-22-21(25-15-26-23)18(29(27-22)20-8-4-5-9-31-20)11-28-10-17(19(30)12-28)14-32-13-16-6-2-1-3-7-16/h1-3,6-7,15,17,19-20,30H,4-5,8-14H2,(H2,24,25,26)/t17-,19?,20?/m1/s1. The quantitative estimate of drug-likeness (QED) is 0.562. The van der Waals surface area contributed by atoms with Crippen LogP contribution in [0.2, 0.25) is 0 Å². The van der Waals surface area contributed by atoms with Gasteiger partial charge < -0.3 is 15.6 Å². The van der Waals surface area contributed by atoms with Crippen LogP contribution >= 0.6 is 11.8 Å². The van der Waals surface area contributed by atoms with Crippen molar-refractivity contribution in [2.45, 2.75) is 43.9 Å². The largest absolute Gasteiger partial charge is 0.391 e. The molecule has 0 radical (unpaired) electrons. The van der Waals surface area contributed by atoms with E-state index in [-0.39, 0.29) is 18.2 Å². The zero-order valence-corrected chi connectivity index (χ0v) is 19.0. The normalized spacial score (nSPS) is 24.3. The zero-order chi connectivity index (χ0) is 21.9. The molecule has 8 nitrogen and oxygen atoms in total. The van der Waals surface area contributed by atoms with Gasteiger partial charge in [0.05, 0.1) is 11.8 Å². The molecule has 3 atom stereocenters. The SMILES string of the molecule is Nc1ncnc2c(CN3CC(O)[C@@H](CSCc4ccccc4)C3)n(C3CCCCO3)nc12. The number of benzene rings is 1. The Morgan fingerprint density at radius 2 is 2.00 bits per heavy atom. The number of aliphatic hydroxyl groups excluding tert-OH is 1. The molecule has 32 heavy (non-hydrogen) atoms. The molecule has 5 rings (SSSR count). The van der Waals surface area contributed by atoms with Crippen LogP contribution in [-0.4, -0.2) is 61.3 Å². The fourth-order valence-electron chi connectivity index (χ4n) is 4.63. The Balaban J connectivity index is 1.29. The van der Waals surface area contributed by atoms with E-state index in [0.29, 0.717) is 24.4 Å². The van der Waals surface area contributed by atoms with E-state index < -0.39 is 0 Å². The number of likely N-dealkylation sites (tertiary alicyclic amines) is 1. The molecule has 0 saturated carbocycles. The lowest BCUT2D eigenvalue weighted by Gasteiger charge is -2.25. The van der Waals surface area contributed by atoms with E-state index in [1.54, 1.807) is 0 Å². The molecule has 3 aromatic rings. The Hall–Kier alpha value is -2.20. The Bertz CT molecular complexity index is 1040. The third-order valence-electron chi connectivity index (χ3n) is 6.34. The summed E-state index contributed by atoms with van der Waals surface area (Å²) < 4.78 is 7.97. The highest BCUT2D eigenvalue weighted by atomic mass is 32.2. The van der Waals surface area contributed by atoms with Gasteiger partial charge in [-0.25, -0.2) is 14.6 Å². The smallest absolute Gasteiger partial charge is 0.155 e. The minimum atomic E-state index is -0.327. The van der Waals surface area contributed by atoms with E-state index in [4.69, 9.17) is 15.6 Å². The lowest BCUT2D eigenvalue weighted by atomic mass is 10.1. The van der Waals surface area contributed by atoms with Crippen molar-refractivity contribution in [3.63, 3.8) is 0 Å². The Labute approximate surface area is 192 Å². The van der Waals surface area contributed by atoms with Crippen molar-refractivity contribution >= 4 is 28.6 Å². The maximum Gasteiger partial charge on any atom is 0.155 e. The number of hydrogen-bond donors (Lipinski definition) is 2. The van der Waals surface area contributed by atoms with Crippen molar-refractivity contribution < 1.29 is 9.84 Å². The summed E-state index contributed by atoms with van der Waals surface area (Å²) in [5.41, 5.74) is 9.82. The van der Waals surface area contributed by atoms with E-state index in [1.807, 2.05) is 22.5 Å². The van der Waals surface area contributed by atoms with E-state index in [2.05, 4.69) is 39.1 Å². The summed E-state index contributed by atoms with van der Waals surface area (Å²) in [4.78, 5) is 10.9. The van der Waals surface area contributed by atoms with E-state index in [1.165, 1.54) is 11.9 Å². The van der Waals surface area contributed by atoms with E-state index in [9.17, 15) is 5.11 Å². The van der Waals surface area contributed by atoms with Crippen LogP contribution in [-0.2, 0) is 17.0 Å². The van der Waals surface area contributed by atoms with Crippen molar-refractivity contribution in [2.24, 2.45) is 5.92 Å². The first-order valence-electron chi connectivity index (χ1n) is 11.3. The summed E-state index contributed by atoms with van der Waals surface area (Å²) >= 11 is 1.89. The second-order valence-corrected chi connectivity index (χ2v) is 9.72. The molecular formula is C23H30N6O2S. The predicted octanol–water partition coefficient (Wildman–Crippen LogP) is 2.83. The maximum atomic E-state index is 10.7. The number of anilines is 1.